The summed E-state index contributed by atoms with van der Waals surface area (Å²) in [6, 6.07) is 9.62. The van der Waals surface area contributed by atoms with E-state index in [9.17, 15) is 13.6 Å². The molecule has 9 heteroatoms. The van der Waals surface area contributed by atoms with Crippen molar-refractivity contribution in [3.8, 4) is 17.3 Å². The lowest BCUT2D eigenvalue weighted by Gasteiger charge is -2.27. The molecule has 1 fully saturated rings. The fourth-order valence-electron chi connectivity index (χ4n) is 5.27. The Morgan fingerprint density at radius 2 is 2.05 bits per heavy atom. The summed E-state index contributed by atoms with van der Waals surface area (Å²) >= 11 is 0. The van der Waals surface area contributed by atoms with E-state index >= 15 is 0 Å². The average molecular weight is 508 g/mol. The van der Waals surface area contributed by atoms with Crippen LogP contribution in [0.15, 0.2) is 30.3 Å². The van der Waals surface area contributed by atoms with Crippen molar-refractivity contribution in [2.24, 2.45) is 13.0 Å². The molecule has 37 heavy (non-hydrogen) atoms. The van der Waals surface area contributed by atoms with E-state index in [0.29, 0.717) is 54.3 Å². The minimum Gasteiger partial charge on any atom is -0.458 e. The fourth-order valence-corrected chi connectivity index (χ4v) is 5.27. The summed E-state index contributed by atoms with van der Waals surface area (Å²) in [6.07, 6.45) is 2.21. The molecule has 1 aliphatic heterocycles. The Kier molecular flexibility index (Phi) is 6.09. The Morgan fingerprint density at radius 3 is 2.81 bits per heavy atom. The number of benzene rings is 1. The van der Waals surface area contributed by atoms with E-state index < -0.39 is 13.0 Å². The van der Waals surface area contributed by atoms with Crippen molar-refractivity contribution in [1.82, 2.24) is 24.0 Å². The van der Waals surface area contributed by atoms with Crippen molar-refractivity contribution >= 4 is 28.0 Å². The zero-order valence-electron chi connectivity index (χ0n) is 21.2. The Bertz CT molecular complexity index is 1490. The maximum Gasteiger partial charge on any atom is 0.255 e. The quantitative estimate of drug-likeness (QED) is 0.303. The van der Waals surface area contributed by atoms with E-state index in [1.165, 1.54) is 12.8 Å². The van der Waals surface area contributed by atoms with Crippen LogP contribution in [0, 0.1) is 5.92 Å². The van der Waals surface area contributed by atoms with Crippen molar-refractivity contribution in [2.45, 2.75) is 51.9 Å². The predicted molar refractivity (Wildman–Crippen MR) is 138 cm³/mol. The average Bonchev–Trinajstić information content (AvgIpc) is 3.57. The van der Waals surface area contributed by atoms with Crippen molar-refractivity contribution in [2.75, 3.05) is 19.8 Å². The number of alkyl halides is 2. The van der Waals surface area contributed by atoms with E-state index in [1.54, 1.807) is 11.8 Å². The summed E-state index contributed by atoms with van der Waals surface area (Å²) in [5.74, 6) is 1.73. The summed E-state index contributed by atoms with van der Waals surface area (Å²) in [7, 11) is 1.94. The Hall–Kier alpha value is -3.49. The maximum atomic E-state index is 14.3. The van der Waals surface area contributed by atoms with E-state index in [-0.39, 0.29) is 12.3 Å². The molecule has 1 amide bonds. The molecule has 4 heterocycles. The third-order valence-electron chi connectivity index (χ3n) is 7.45. The first kappa shape index (κ1) is 23.9. The molecule has 7 nitrogen and oxygen atoms in total. The number of halogens is 2. The van der Waals surface area contributed by atoms with Gasteiger partial charge in [0.2, 0.25) is 6.36 Å². The van der Waals surface area contributed by atoms with Crippen molar-refractivity contribution in [3.63, 3.8) is 0 Å². The van der Waals surface area contributed by atoms with Gasteiger partial charge in [-0.05, 0) is 43.4 Å². The molecule has 1 saturated carbocycles. The second-order valence-electron chi connectivity index (χ2n) is 10.1. The van der Waals surface area contributed by atoms with Gasteiger partial charge >= 0.3 is 0 Å². The third kappa shape index (κ3) is 4.24. The van der Waals surface area contributed by atoms with E-state index in [4.69, 9.17) is 14.7 Å². The number of carbonyl (C=O) groups is 1. The second-order valence-corrected chi connectivity index (χ2v) is 10.1. The molecule has 0 N–H and O–H groups in total. The molecule has 3 aromatic heterocycles. The molecule has 1 aliphatic carbocycles. The van der Waals surface area contributed by atoms with Gasteiger partial charge in [0.1, 0.15) is 11.3 Å². The number of aromatic nitrogens is 4. The zero-order valence-corrected chi connectivity index (χ0v) is 21.2. The largest absolute Gasteiger partial charge is 0.458 e. The van der Waals surface area contributed by atoms with Gasteiger partial charge in [0.25, 0.3) is 5.91 Å². The molecular weight excluding hydrogens is 476 g/mol. The van der Waals surface area contributed by atoms with Gasteiger partial charge in [-0.25, -0.2) is 14.4 Å². The Balaban J connectivity index is 1.47. The van der Waals surface area contributed by atoms with Crippen LogP contribution in [0.4, 0.5) is 8.78 Å². The summed E-state index contributed by atoms with van der Waals surface area (Å²) in [6.45, 7) is 3.07. The first-order chi connectivity index (χ1) is 18.0. The molecule has 194 valence electrons. The van der Waals surface area contributed by atoms with Crippen LogP contribution in [0.5, 0.6) is 5.75 Å². The molecular formula is C28H31F2N5O2. The molecule has 4 aromatic rings. The van der Waals surface area contributed by atoms with E-state index in [2.05, 4.69) is 10.6 Å². The van der Waals surface area contributed by atoms with Crippen LogP contribution in [0.1, 0.15) is 48.7 Å². The highest BCUT2D eigenvalue weighted by Gasteiger charge is 2.29. The van der Waals surface area contributed by atoms with Crippen molar-refractivity contribution in [1.29, 1.82) is 0 Å². The van der Waals surface area contributed by atoms with Crippen LogP contribution in [-0.2, 0) is 20.0 Å². The number of carbonyl (C=O) groups excluding carboxylic acids is 1. The van der Waals surface area contributed by atoms with Gasteiger partial charge in [-0.2, -0.15) is 0 Å². The first-order valence-corrected chi connectivity index (χ1v) is 13.1. The fraction of sp³-hybridized carbons (Fsp3) is 0.464. The highest BCUT2D eigenvalue weighted by Crippen LogP contribution is 2.39. The molecule has 0 radical (unpaired) electrons. The topological polar surface area (TPSA) is 65.2 Å². The first-order valence-electron chi connectivity index (χ1n) is 13.1. The summed E-state index contributed by atoms with van der Waals surface area (Å²) in [5, 5.41) is 0.967. The summed E-state index contributed by atoms with van der Waals surface area (Å²) in [5.41, 5.74) is 4.45. The third-order valence-corrected chi connectivity index (χ3v) is 7.45. The number of amides is 1. The molecule has 1 atom stereocenters. The maximum absolute atomic E-state index is 14.3. The van der Waals surface area contributed by atoms with Gasteiger partial charge in [-0.3, -0.25) is 9.18 Å². The number of fused-ring (bicyclic) bond motifs is 3. The lowest BCUT2D eigenvalue weighted by atomic mass is 10.0. The van der Waals surface area contributed by atoms with Gasteiger partial charge in [0.05, 0.1) is 29.1 Å². The lowest BCUT2D eigenvalue weighted by Crippen LogP contribution is -2.38. The van der Waals surface area contributed by atoms with Gasteiger partial charge in [0.15, 0.2) is 11.5 Å². The molecule has 6 rings (SSSR count). The van der Waals surface area contributed by atoms with E-state index in [0.717, 1.165) is 34.7 Å². The summed E-state index contributed by atoms with van der Waals surface area (Å²) < 4.78 is 36.8. The summed E-state index contributed by atoms with van der Waals surface area (Å²) in [4.78, 5) is 24.5. The SMILES string of the molecule is CCC(F)Oc1cccc2cc(-c3nc4cc5c(nc4n3C)CCN(CCCF)C5=O)n(CC3CC3)c12. The second kappa shape index (κ2) is 9.43. The number of nitrogens with zero attached hydrogens (tertiary/aromatic N) is 5. The number of ether oxygens (including phenoxy) is 1. The van der Waals surface area contributed by atoms with Gasteiger partial charge < -0.3 is 18.8 Å². The van der Waals surface area contributed by atoms with Crippen LogP contribution >= 0.6 is 0 Å². The van der Waals surface area contributed by atoms with Gasteiger partial charge in [0, 0.05) is 44.9 Å². The molecule has 2 aliphatic rings. The van der Waals surface area contributed by atoms with Crippen LogP contribution in [0.2, 0.25) is 0 Å². The Morgan fingerprint density at radius 1 is 1.22 bits per heavy atom. The van der Waals surface area contributed by atoms with Gasteiger partial charge in [-0.15, -0.1) is 0 Å². The number of aryl methyl sites for hydroxylation is 1. The molecule has 0 bridgehead atoms. The normalized spacial score (nSPS) is 16.5. The minimum atomic E-state index is -1.37. The van der Waals surface area contributed by atoms with E-state index in [1.807, 2.05) is 35.9 Å². The smallest absolute Gasteiger partial charge is 0.255 e. The highest BCUT2D eigenvalue weighted by molar-refractivity contribution is 5.99. The number of hydrogen-bond acceptors (Lipinski definition) is 4. The number of hydrogen-bond donors (Lipinski definition) is 0. The van der Waals surface area contributed by atoms with Crippen LogP contribution < -0.4 is 4.74 Å². The predicted octanol–water partition coefficient (Wildman–Crippen LogP) is 5.44. The number of para-hydroxylation sites is 1. The van der Waals surface area contributed by atoms with Crippen LogP contribution in [-0.4, -0.2) is 56.0 Å². The standard InChI is InChI=1S/C28H31F2N5O2/c1-3-24(30)37-23-7-4-6-18-14-22(35(25(18)23)16-17-8-9-17)27-32-21-15-19-20(31-26(21)33(27)2)10-13-34(28(19)36)12-5-11-29/h4,6-7,14-15,17,24H,3,5,8-13,16H2,1-2H3. The minimum absolute atomic E-state index is 0.113. The van der Waals surface area contributed by atoms with Crippen molar-refractivity contribution in [3.05, 3.63) is 41.6 Å². The molecule has 0 saturated heterocycles. The highest BCUT2D eigenvalue weighted by atomic mass is 19.1. The lowest BCUT2D eigenvalue weighted by molar-refractivity contribution is 0.0653. The number of rotatable bonds is 9. The molecule has 1 unspecified atom stereocenters. The molecule has 1 aromatic carbocycles. The molecule has 0 spiro atoms. The van der Waals surface area contributed by atoms with Gasteiger partial charge in [-0.1, -0.05) is 19.1 Å². The number of imidazole rings is 1. The van der Waals surface area contributed by atoms with Crippen LogP contribution in [0.25, 0.3) is 33.6 Å². The monoisotopic (exact) mass is 507 g/mol. The van der Waals surface area contributed by atoms with Crippen molar-refractivity contribution < 1.29 is 18.3 Å². The zero-order chi connectivity index (χ0) is 25.7. The van der Waals surface area contributed by atoms with Crippen LogP contribution in [0.3, 0.4) is 0 Å². The Labute approximate surface area is 214 Å². The number of pyridine rings is 1.